The lowest BCUT2D eigenvalue weighted by Gasteiger charge is -2.33. The summed E-state index contributed by atoms with van der Waals surface area (Å²) < 4.78 is 0. The van der Waals surface area contributed by atoms with E-state index in [0.717, 1.165) is 45.4 Å². The van der Waals surface area contributed by atoms with Crippen molar-refractivity contribution < 1.29 is 4.79 Å². The first-order chi connectivity index (χ1) is 9.69. The normalized spacial score (nSPS) is 27.4. The molecule has 2 atom stereocenters. The summed E-state index contributed by atoms with van der Waals surface area (Å²) in [4.78, 5) is 14.5. The van der Waals surface area contributed by atoms with Crippen LogP contribution in [0.5, 0.6) is 0 Å². The highest BCUT2D eigenvalue weighted by Gasteiger charge is 2.24. The van der Waals surface area contributed by atoms with Crippen molar-refractivity contribution in [1.29, 1.82) is 0 Å². The summed E-state index contributed by atoms with van der Waals surface area (Å²) in [5, 5.41) is 6.38. The molecule has 4 nitrogen and oxygen atoms in total. The molecular formula is C16H29N3O. The van der Waals surface area contributed by atoms with Crippen LogP contribution < -0.4 is 10.6 Å². The summed E-state index contributed by atoms with van der Waals surface area (Å²) in [5.41, 5.74) is 1.31. The van der Waals surface area contributed by atoms with Gasteiger partial charge in [-0.25, -0.2) is 0 Å². The maximum Gasteiger partial charge on any atom is 0.237 e. The van der Waals surface area contributed by atoms with Crippen molar-refractivity contribution in [2.75, 3.05) is 32.7 Å². The number of amides is 1. The summed E-state index contributed by atoms with van der Waals surface area (Å²) in [5.74, 6) is 0.788. The van der Waals surface area contributed by atoms with Gasteiger partial charge in [-0.1, -0.05) is 19.1 Å². The minimum atomic E-state index is 0.0505. The molecule has 2 fully saturated rings. The van der Waals surface area contributed by atoms with Crippen molar-refractivity contribution in [2.45, 2.75) is 45.1 Å². The number of nitrogens with zero attached hydrogens (tertiary/aromatic N) is 1. The standard InChI is InChI=1S/C16H29N3O/c1-3-13(2)11-19-9-5-6-14(12-19)10-18-16(20)15-7-4-8-17-15/h14-15,17H,2-12H2,1H3,(H,18,20). The lowest BCUT2D eigenvalue weighted by Crippen LogP contribution is -2.45. The van der Waals surface area contributed by atoms with E-state index >= 15 is 0 Å². The van der Waals surface area contributed by atoms with E-state index in [1.165, 1.54) is 25.0 Å². The van der Waals surface area contributed by atoms with Crippen LogP contribution in [-0.2, 0) is 4.79 Å². The van der Waals surface area contributed by atoms with Crippen LogP contribution in [0.1, 0.15) is 39.0 Å². The number of hydrogen-bond acceptors (Lipinski definition) is 3. The van der Waals surface area contributed by atoms with Crippen molar-refractivity contribution in [3.63, 3.8) is 0 Å². The van der Waals surface area contributed by atoms with Crippen LogP contribution >= 0.6 is 0 Å². The van der Waals surface area contributed by atoms with E-state index in [4.69, 9.17) is 0 Å². The molecule has 0 radical (unpaired) electrons. The first kappa shape index (κ1) is 15.5. The smallest absolute Gasteiger partial charge is 0.237 e. The van der Waals surface area contributed by atoms with Gasteiger partial charge in [0, 0.05) is 19.6 Å². The Kier molecular flexibility index (Phi) is 6.05. The van der Waals surface area contributed by atoms with Crippen molar-refractivity contribution in [3.05, 3.63) is 12.2 Å². The highest BCUT2D eigenvalue weighted by atomic mass is 16.2. The maximum atomic E-state index is 12.0. The van der Waals surface area contributed by atoms with Gasteiger partial charge >= 0.3 is 0 Å². The van der Waals surface area contributed by atoms with Crippen LogP contribution in [0.2, 0.25) is 0 Å². The van der Waals surface area contributed by atoms with Gasteiger partial charge in [0.05, 0.1) is 6.04 Å². The molecule has 2 aliphatic heterocycles. The van der Waals surface area contributed by atoms with Gasteiger partial charge in [-0.3, -0.25) is 9.69 Å². The molecule has 0 bridgehead atoms. The molecule has 2 N–H and O–H groups in total. The third kappa shape index (κ3) is 4.60. The average Bonchev–Trinajstić information content (AvgIpc) is 2.99. The van der Waals surface area contributed by atoms with Crippen LogP contribution in [0.3, 0.4) is 0 Å². The number of hydrogen-bond donors (Lipinski definition) is 2. The molecule has 2 aliphatic rings. The fourth-order valence-electron chi connectivity index (χ4n) is 3.17. The van der Waals surface area contributed by atoms with Crippen LogP contribution in [0.25, 0.3) is 0 Å². The first-order valence-corrected chi connectivity index (χ1v) is 8.09. The molecule has 2 saturated heterocycles. The molecule has 4 heteroatoms. The first-order valence-electron chi connectivity index (χ1n) is 8.09. The Hall–Kier alpha value is -0.870. The molecule has 1 amide bonds. The van der Waals surface area contributed by atoms with Gasteiger partial charge in [0.1, 0.15) is 0 Å². The number of carbonyl (C=O) groups is 1. The van der Waals surface area contributed by atoms with E-state index < -0.39 is 0 Å². The topological polar surface area (TPSA) is 44.4 Å². The number of carbonyl (C=O) groups excluding carboxylic acids is 1. The van der Waals surface area contributed by atoms with E-state index in [2.05, 4.69) is 29.0 Å². The molecule has 0 aromatic carbocycles. The van der Waals surface area contributed by atoms with Gasteiger partial charge in [-0.2, -0.15) is 0 Å². The van der Waals surface area contributed by atoms with Crippen molar-refractivity contribution in [2.24, 2.45) is 5.92 Å². The maximum absolute atomic E-state index is 12.0. The minimum absolute atomic E-state index is 0.0505. The number of rotatable bonds is 6. The molecule has 0 saturated carbocycles. The van der Waals surface area contributed by atoms with Crippen molar-refractivity contribution in [1.82, 2.24) is 15.5 Å². The molecule has 2 heterocycles. The van der Waals surface area contributed by atoms with Crippen LogP contribution in [-0.4, -0.2) is 49.6 Å². The van der Waals surface area contributed by atoms with Gasteiger partial charge in [-0.15, -0.1) is 0 Å². The highest BCUT2D eigenvalue weighted by Crippen LogP contribution is 2.17. The second kappa shape index (κ2) is 7.79. The Morgan fingerprint density at radius 1 is 1.40 bits per heavy atom. The zero-order valence-corrected chi connectivity index (χ0v) is 12.8. The van der Waals surface area contributed by atoms with E-state index in [1.807, 2.05) is 0 Å². The zero-order chi connectivity index (χ0) is 14.4. The molecule has 0 aromatic heterocycles. The summed E-state index contributed by atoms with van der Waals surface area (Å²) in [6.07, 6.45) is 5.63. The van der Waals surface area contributed by atoms with E-state index in [0.29, 0.717) is 5.92 Å². The average molecular weight is 279 g/mol. The number of nitrogens with one attached hydrogen (secondary N) is 2. The second-order valence-electron chi connectivity index (χ2n) is 6.24. The van der Waals surface area contributed by atoms with Crippen molar-refractivity contribution >= 4 is 5.91 Å². The monoisotopic (exact) mass is 279 g/mol. The Balaban J connectivity index is 1.69. The van der Waals surface area contributed by atoms with Gasteiger partial charge in [0.25, 0.3) is 0 Å². The molecule has 20 heavy (non-hydrogen) atoms. The zero-order valence-electron chi connectivity index (χ0n) is 12.8. The third-order valence-electron chi connectivity index (χ3n) is 4.49. The Labute approximate surface area is 123 Å². The van der Waals surface area contributed by atoms with Gasteiger partial charge in [0.2, 0.25) is 5.91 Å². The fourth-order valence-corrected chi connectivity index (χ4v) is 3.17. The quantitative estimate of drug-likeness (QED) is 0.725. The lowest BCUT2D eigenvalue weighted by atomic mass is 9.97. The molecule has 2 unspecified atom stereocenters. The Morgan fingerprint density at radius 3 is 2.95 bits per heavy atom. The van der Waals surface area contributed by atoms with E-state index in [9.17, 15) is 4.79 Å². The van der Waals surface area contributed by atoms with Crippen LogP contribution in [0, 0.1) is 5.92 Å². The minimum Gasteiger partial charge on any atom is -0.354 e. The summed E-state index contributed by atoms with van der Waals surface area (Å²) in [6, 6.07) is 0.0505. The van der Waals surface area contributed by atoms with Crippen molar-refractivity contribution in [3.8, 4) is 0 Å². The SMILES string of the molecule is C=C(CC)CN1CCCC(CNC(=O)C2CCCN2)C1. The van der Waals surface area contributed by atoms with Crippen LogP contribution in [0.4, 0.5) is 0 Å². The molecule has 2 rings (SSSR count). The van der Waals surface area contributed by atoms with Gasteiger partial charge < -0.3 is 10.6 Å². The fraction of sp³-hybridized carbons (Fsp3) is 0.812. The molecule has 0 aromatic rings. The highest BCUT2D eigenvalue weighted by molar-refractivity contribution is 5.81. The number of likely N-dealkylation sites (tertiary alicyclic amines) is 1. The molecular weight excluding hydrogens is 250 g/mol. The van der Waals surface area contributed by atoms with E-state index in [-0.39, 0.29) is 11.9 Å². The predicted octanol–water partition coefficient (Wildman–Crippen LogP) is 1.53. The predicted molar refractivity (Wildman–Crippen MR) is 82.6 cm³/mol. The largest absolute Gasteiger partial charge is 0.354 e. The summed E-state index contributed by atoms with van der Waals surface area (Å²) in [6.45, 7) is 11.4. The molecule has 114 valence electrons. The lowest BCUT2D eigenvalue weighted by molar-refractivity contribution is -0.123. The number of piperidine rings is 1. The van der Waals surface area contributed by atoms with Crippen LogP contribution in [0.15, 0.2) is 12.2 Å². The second-order valence-corrected chi connectivity index (χ2v) is 6.24. The van der Waals surface area contributed by atoms with Gasteiger partial charge in [0.15, 0.2) is 0 Å². The molecule has 0 spiro atoms. The Morgan fingerprint density at radius 2 is 2.25 bits per heavy atom. The summed E-state index contributed by atoms with van der Waals surface area (Å²) in [7, 11) is 0. The Bertz CT molecular complexity index is 337. The van der Waals surface area contributed by atoms with E-state index in [1.54, 1.807) is 0 Å². The van der Waals surface area contributed by atoms with Gasteiger partial charge in [-0.05, 0) is 51.1 Å². The molecule has 0 aliphatic carbocycles. The third-order valence-corrected chi connectivity index (χ3v) is 4.49. The summed E-state index contributed by atoms with van der Waals surface area (Å²) >= 11 is 0.